The van der Waals surface area contributed by atoms with Crippen LogP contribution in [0.3, 0.4) is 0 Å². The number of amides is 1. The number of likely N-dealkylation sites (N-methyl/N-ethyl adjacent to an activating group) is 1. The fraction of sp³-hybridized carbons (Fsp3) is 0.611. The third-order valence-electron chi connectivity index (χ3n) is 4.46. The van der Waals surface area contributed by atoms with Gasteiger partial charge >= 0.3 is 6.36 Å². The molecule has 1 saturated heterocycles. The van der Waals surface area contributed by atoms with Gasteiger partial charge in [-0.05, 0) is 38.8 Å². The third kappa shape index (κ3) is 5.92. The largest absolute Gasteiger partial charge is 0.573 e. The number of halogens is 3. The average molecular weight is 358 g/mol. The average Bonchev–Trinajstić information content (AvgIpc) is 2.55. The first-order valence-electron chi connectivity index (χ1n) is 8.62. The first-order chi connectivity index (χ1) is 11.8. The minimum Gasteiger partial charge on any atom is -0.405 e. The van der Waals surface area contributed by atoms with Crippen LogP contribution in [0.4, 0.5) is 13.2 Å². The lowest BCUT2D eigenvalue weighted by Crippen LogP contribution is -2.47. The number of rotatable bonds is 6. The van der Waals surface area contributed by atoms with Crippen molar-refractivity contribution in [2.24, 2.45) is 0 Å². The normalized spacial score (nSPS) is 18.5. The molecule has 1 aliphatic heterocycles. The Balaban J connectivity index is 1.98. The van der Waals surface area contributed by atoms with Gasteiger partial charge in [0.15, 0.2) is 0 Å². The standard InChI is InChI=1S/C18H25F3N2O2/c1-3-15-9-6-7-11-23(15)17(24)13-22(2)12-14-8-4-5-10-16(14)25-18(19,20)21/h4-5,8,10,15H,3,6-7,9,11-13H2,1-2H3. The summed E-state index contributed by atoms with van der Waals surface area (Å²) < 4.78 is 41.6. The van der Waals surface area contributed by atoms with E-state index in [1.165, 1.54) is 12.1 Å². The highest BCUT2D eigenvalue weighted by Gasteiger charge is 2.32. The van der Waals surface area contributed by atoms with Crippen molar-refractivity contribution in [2.75, 3.05) is 20.1 Å². The zero-order valence-corrected chi connectivity index (χ0v) is 14.7. The van der Waals surface area contributed by atoms with Crippen LogP contribution in [0.1, 0.15) is 38.2 Å². The van der Waals surface area contributed by atoms with Gasteiger partial charge in [0.05, 0.1) is 6.54 Å². The predicted molar refractivity (Wildman–Crippen MR) is 89.1 cm³/mol. The van der Waals surface area contributed by atoms with Crippen LogP contribution >= 0.6 is 0 Å². The molecule has 1 heterocycles. The highest BCUT2D eigenvalue weighted by Crippen LogP contribution is 2.27. The molecule has 0 aromatic heterocycles. The van der Waals surface area contributed by atoms with Crippen LogP contribution in [0, 0.1) is 0 Å². The van der Waals surface area contributed by atoms with Crippen LogP contribution in [0.5, 0.6) is 5.75 Å². The molecule has 1 amide bonds. The number of carbonyl (C=O) groups excluding carboxylic acids is 1. The van der Waals surface area contributed by atoms with Crippen molar-refractivity contribution in [3.05, 3.63) is 29.8 Å². The molecule has 1 atom stereocenters. The smallest absolute Gasteiger partial charge is 0.405 e. The first-order valence-corrected chi connectivity index (χ1v) is 8.62. The number of para-hydroxylation sites is 1. The van der Waals surface area contributed by atoms with Gasteiger partial charge in [-0.1, -0.05) is 25.1 Å². The van der Waals surface area contributed by atoms with Crippen molar-refractivity contribution < 1.29 is 22.7 Å². The molecular formula is C18H25F3N2O2. The van der Waals surface area contributed by atoms with Crippen molar-refractivity contribution >= 4 is 5.91 Å². The first kappa shape index (κ1) is 19.6. The van der Waals surface area contributed by atoms with E-state index in [1.54, 1.807) is 24.1 Å². The predicted octanol–water partition coefficient (Wildman–Crippen LogP) is 3.81. The van der Waals surface area contributed by atoms with E-state index in [-0.39, 0.29) is 30.8 Å². The Labute approximate surface area is 146 Å². The van der Waals surface area contributed by atoms with Crippen LogP contribution < -0.4 is 4.74 Å². The van der Waals surface area contributed by atoms with E-state index in [4.69, 9.17) is 0 Å². The molecule has 1 unspecified atom stereocenters. The second-order valence-corrected chi connectivity index (χ2v) is 6.47. The van der Waals surface area contributed by atoms with E-state index >= 15 is 0 Å². The van der Waals surface area contributed by atoms with Gasteiger partial charge in [-0.3, -0.25) is 9.69 Å². The maximum Gasteiger partial charge on any atom is 0.573 e. The SMILES string of the molecule is CCC1CCCCN1C(=O)CN(C)Cc1ccccc1OC(F)(F)F. The third-order valence-corrected chi connectivity index (χ3v) is 4.46. The monoisotopic (exact) mass is 358 g/mol. The van der Waals surface area contributed by atoms with Crippen molar-refractivity contribution in [2.45, 2.75) is 51.6 Å². The van der Waals surface area contributed by atoms with E-state index in [1.807, 2.05) is 4.90 Å². The number of benzene rings is 1. The molecule has 0 radical (unpaired) electrons. The maximum atomic E-state index is 12.6. The molecule has 1 aromatic rings. The molecule has 1 aromatic carbocycles. The highest BCUT2D eigenvalue weighted by atomic mass is 19.4. The molecule has 1 aliphatic rings. The van der Waals surface area contributed by atoms with Gasteiger partial charge in [-0.15, -0.1) is 13.2 Å². The van der Waals surface area contributed by atoms with E-state index in [9.17, 15) is 18.0 Å². The Morgan fingerprint density at radius 2 is 2.04 bits per heavy atom. The number of carbonyl (C=O) groups is 1. The molecule has 0 aliphatic carbocycles. The molecule has 1 fully saturated rings. The van der Waals surface area contributed by atoms with Gasteiger partial charge in [0, 0.05) is 24.7 Å². The molecule has 0 saturated carbocycles. The summed E-state index contributed by atoms with van der Waals surface area (Å²) in [4.78, 5) is 16.2. The molecule has 7 heteroatoms. The van der Waals surface area contributed by atoms with E-state index in [0.717, 1.165) is 32.2 Å². The van der Waals surface area contributed by atoms with Gasteiger partial charge in [0.25, 0.3) is 0 Å². The molecule has 0 spiro atoms. The Kier molecular flexibility index (Phi) is 6.70. The lowest BCUT2D eigenvalue weighted by molar-refractivity contribution is -0.275. The molecule has 140 valence electrons. The number of hydrogen-bond donors (Lipinski definition) is 0. The second-order valence-electron chi connectivity index (χ2n) is 6.47. The highest BCUT2D eigenvalue weighted by molar-refractivity contribution is 5.78. The van der Waals surface area contributed by atoms with Gasteiger partial charge in [0.1, 0.15) is 5.75 Å². The summed E-state index contributed by atoms with van der Waals surface area (Å²) in [5.41, 5.74) is 0.404. The fourth-order valence-electron chi connectivity index (χ4n) is 3.28. The van der Waals surface area contributed by atoms with E-state index in [0.29, 0.717) is 5.56 Å². The summed E-state index contributed by atoms with van der Waals surface area (Å²) in [6, 6.07) is 6.30. The topological polar surface area (TPSA) is 32.8 Å². The van der Waals surface area contributed by atoms with E-state index < -0.39 is 6.36 Å². The van der Waals surface area contributed by atoms with Crippen LogP contribution in [0.2, 0.25) is 0 Å². The molecule has 2 rings (SSSR count). The van der Waals surface area contributed by atoms with Gasteiger partial charge in [-0.25, -0.2) is 0 Å². The lowest BCUT2D eigenvalue weighted by Gasteiger charge is -2.36. The second kappa shape index (κ2) is 8.56. The van der Waals surface area contributed by atoms with Crippen molar-refractivity contribution in [1.29, 1.82) is 0 Å². The number of alkyl halides is 3. The number of piperidine rings is 1. The summed E-state index contributed by atoms with van der Waals surface area (Å²) in [6.45, 7) is 3.23. The van der Waals surface area contributed by atoms with Crippen molar-refractivity contribution in [3.8, 4) is 5.75 Å². The Morgan fingerprint density at radius 1 is 1.32 bits per heavy atom. The maximum absolute atomic E-state index is 12.6. The van der Waals surface area contributed by atoms with Crippen molar-refractivity contribution in [3.63, 3.8) is 0 Å². The summed E-state index contributed by atoms with van der Waals surface area (Å²) >= 11 is 0. The van der Waals surface area contributed by atoms with Crippen LogP contribution in [-0.4, -0.2) is 48.2 Å². The van der Waals surface area contributed by atoms with Crippen LogP contribution in [-0.2, 0) is 11.3 Å². The lowest BCUT2D eigenvalue weighted by atomic mass is 10.00. The number of hydrogen-bond acceptors (Lipinski definition) is 3. The Morgan fingerprint density at radius 3 is 2.72 bits per heavy atom. The zero-order chi connectivity index (χ0) is 18.4. The fourth-order valence-corrected chi connectivity index (χ4v) is 3.28. The van der Waals surface area contributed by atoms with Gasteiger partial charge < -0.3 is 9.64 Å². The summed E-state index contributed by atoms with van der Waals surface area (Å²) in [6.07, 6.45) is -0.632. The molecule has 25 heavy (non-hydrogen) atoms. The molecule has 4 nitrogen and oxygen atoms in total. The quantitative estimate of drug-likeness (QED) is 0.775. The summed E-state index contributed by atoms with van der Waals surface area (Å²) in [5, 5.41) is 0. The van der Waals surface area contributed by atoms with Crippen LogP contribution in [0.25, 0.3) is 0 Å². The number of nitrogens with zero attached hydrogens (tertiary/aromatic N) is 2. The van der Waals surface area contributed by atoms with E-state index in [2.05, 4.69) is 11.7 Å². The minimum absolute atomic E-state index is 0.0308. The Bertz CT molecular complexity index is 578. The molecule has 0 bridgehead atoms. The summed E-state index contributed by atoms with van der Waals surface area (Å²) in [7, 11) is 1.73. The zero-order valence-electron chi connectivity index (χ0n) is 14.7. The van der Waals surface area contributed by atoms with Crippen molar-refractivity contribution in [1.82, 2.24) is 9.80 Å². The minimum atomic E-state index is -4.73. The number of likely N-dealkylation sites (tertiary alicyclic amines) is 1. The number of ether oxygens (including phenoxy) is 1. The molecular weight excluding hydrogens is 333 g/mol. The summed E-state index contributed by atoms with van der Waals surface area (Å²) in [5.74, 6) is -0.193. The Hall–Kier alpha value is -1.76. The van der Waals surface area contributed by atoms with Gasteiger partial charge in [0.2, 0.25) is 5.91 Å². The van der Waals surface area contributed by atoms with Gasteiger partial charge in [-0.2, -0.15) is 0 Å². The molecule has 0 N–H and O–H groups in total. The van der Waals surface area contributed by atoms with Crippen LogP contribution in [0.15, 0.2) is 24.3 Å².